The molecular formula is C22H25ClN8O2S2. The van der Waals surface area contributed by atoms with Crippen LogP contribution in [0.15, 0.2) is 41.6 Å². The molecule has 0 spiro atoms. The van der Waals surface area contributed by atoms with E-state index in [2.05, 4.69) is 15.0 Å². The first-order chi connectivity index (χ1) is 15.8. The second-order valence-corrected chi connectivity index (χ2v) is 8.65. The number of halogens is 1. The molecule has 5 heterocycles. The van der Waals surface area contributed by atoms with E-state index in [0.717, 1.165) is 5.56 Å². The molecule has 35 heavy (non-hydrogen) atoms. The number of nitrogens with two attached hydrogens (primary N) is 1. The Labute approximate surface area is 220 Å². The van der Waals surface area contributed by atoms with Crippen LogP contribution in [0, 0.1) is 12.8 Å². The van der Waals surface area contributed by atoms with Gasteiger partial charge in [0, 0.05) is 31.1 Å². The third-order valence-corrected chi connectivity index (χ3v) is 6.16. The van der Waals surface area contributed by atoms with Gasteiger partial charge >= 0.3 is 0 Å². The van der Waals surface area contributed by atoms with Crippen LogP contribution in [0.3, 0.4) is 0 Å². The SMILES string of the molecule is CC(=O)c1cnc(N)nc1N1C[C@H](C)[C@H]1c1nn2ccc(Cl)c2c(=O)n1-c1cc(C)ccn1.S.S. The Morgan fingerprint density at radius 3 is 2.63 bits per heavy atom. The number of pyridine rings is 1. The van der Waals surface area contributed by atoms with Crippen LogP contribution in [0.4, 0.5) is 11.8 Å². The minimum absolute atomic E-state index is 0. The van der Waals surface area contributed by atoms with Gasteiger partial charge in [-0.3, -0.25) is 9.59 Å². The monoisotopic (exact) mass is 532 g/mol. The number of anilines is 2. The molecule has 13 heteroatoms. The highest BCUT2D eigenvalue weighted by Gasteiger charge is 2.43. The summed E-state index contributed by atoms with van der Waals surface area (Å²) in [5, 5.41) is 5.07. The molecule has 1 aliphatic heterocycles. The quantitative estimate of drug-likeness (QED) is 0.398. The number of nitrogen functional groups attached to an aromatic ring is 1. The minimum Gasteiger partial charge on any atom is -0.368 e. The number of aryl methyl sites for hydroxylation is 1. The van der Waals surface area contributed by atoms with E-state index in [-0.39, 0.29) is 61.8 Å². The number of rotatable bonds is 4. The molecule has 1 aliphatic rings. The molecule has 4 aromatic rings. The third-order valence-electron chi connectivity index (χ3n) is 5.86. The molecule has 5 rings (SSSR count). The van der Waals surface area contributed by atoms with Gasteiger partial charge in [0.25, 0.3) is 5.56 Å². The summed E-state index contributed by atoms with van der Waals surface area (Å²) >= 11 is 6.30. The lowest BCUT2D eigenvalue weighted by Crippen LogP contribution is -2.52. The predicted molar refractivity (Wildman–Crippen MR) is 145 cm³/mol. The number of carbonyl (C=O) groups is 1. The predicted octanol–water partition coefficient (Wildman–Crippen LogP) is 2.84. The number of nitrogens with zero attached hydrogens (tertiary/aromatic N) is 7. The van der Waals surface area contributed by atoms with Crippen LogP contribution < -0.4 is 16.2 Å². The molecule has 184 valence electrons. The van der Waals surface area contributed by atoms with E-state index in [4.69, 9.17) is 22.4 Å². The smallest absolute Gasteiger partial charge is 0.285 e. The van der Waals surface area contributed by atoms with Crippen molar-refractivity contribution in [3.63, 3.8) is 0 Å². The average Bonchev–Trinajstić information content (AvgIpc) is 3.12. The summed E-state index contributed by atoms with van der Waals surface area (Å²) in [5.41, 5.74) is 7.07. The van der Waals surface area contributed by atoms with Gasteiger partial charge in [-0.2, -0.15) is 37.1 Å². The Morgan fingerprint density at radius 1 is 1.23 bits per heavy atom. The molecule has 0 bridgehead atoms. The number of hydrogen-bond acceptors (Lipinski definition) is 8. The second-order valence-electron chi connectivity index (χ2n) is 8.24. The summed E-state index contributed by atoms with van der Waals surface area (Å²) < 4.78 is 2.97. The van der Waals surface area contributed by atoms with Crippen molar-refractivity contribution in [3.8, 4) is 5.82 Å². The highest BCUT2D eigenvalue weighted by Crippen LogP contribution is 2.42. The van der Waals surface area contributed by atoms with Crippen LogP contribution in [-0.4, -0.2) is 41.5 Å². The van der Waals surface area contributed by atoms with Crippen LogP contribution >= 0.6 is 38.6 Å². The molecule has 4 aromatic heterocycles. The van der Waals surface area contributed by atoms with E-state index in [1.54, 1.807) is 18.5 Å². The van der Waals surface area contributed by atoms with Crippen molar-refractivity contribution in [3.05, 3.63) is 69.1 Å². The van der Waals surface area contributed by atoms with Gasteiger partial charge in [0.2, 0.25) is 5.95 Å². The third kappa shape index (κ3) is 4.37. The normalized spacial score (nSPS) is 16.9. The van der Waals surface area contributed by atoms with Crippen LogP contribution in [0.5, 0.6) is 0 Å². The highest BCUT2D eigenvalue weighted by molar-refractivity contribution is 7.59. The number of hydrogen-bond donors (Lipinski definition) is 1. The molecular weight excluding hydrogens is 508 g/mol. The van der Waals surface area contributed by atoms with Crippen molar-refractivity contribution in [2.45, 2.75) is 26.8 Å². The zero-order valence-electron chi connectivity index (χ0n) is 19.2. The van der Waals surface area contributed by atoms with Gasteiger partial charge in [0.15, 0.2) is 11.6 Å². The summed E-state index contributed by atoms with van der Waals surface area (Å²) in [5.74, 6) is 1.31. The summed E-state index contributed by atoms with van der Waals surface area (Å²) in [6.07, 6.45) is 4.72. The van der Waals surface area contributed by atoms with Crippen LogP contribution in [0.2, 0.25) is 5.02 Å². The van der Waals surface area contributed by atoms with E-state index in [0.29, 0.717) is 34.6 Å². The molecule has 0 amide bonds. The molecule has 1 saturated heterocycles. The minimum atomic E-state index is -0.363. The topological polar surface area (TPSA) is 124 Å². The van der Waals surface area contributed by atoms with Crippen molar-refractivity contribution in [1.82, 2.24) is 29.1 Å². The summed E-state index contributed by atoms with van der Waals surface area (Å²) in [4.78, 5) is 40.5. The first-order valence-electron chi connectivity index (χ1n) is 10.4. The van der Waals surface area contributed by atoms with Crippen molar-refractivity contribution >= 4 is 61.7 Å². The Hall–Kier alpha value is -3.09. The van der Waals surface area contributed by atoms with Gasteiger partial charge in [-0.25, -0.2) is 19.1 Å². The lowest BCUT2D eigenvalue weighted by Gasteiger charge is -2.47. The fraction of sp³-hybridized carbons (Fsp3) is 0.273. The number of fused-ring (bicyclic) bond motifs is 1. The number of carbonyl (C=O) groups excluding carboxylic acids is 1. The second kappa shape index (κ2) is 9.88. The van der Waals surface area contributed by atoms with Gasteiger partial charge in [-0.05, 0) is 37.6 Å². The maximum absolute atomic E-state index is 13.6. The molecule has 2 atom stereocenters. The zero-order chi connectivity index (χ0) is 23.4. The fourth-order valence-corrected chi connectivity index (χ4v) is 4.48. The average molecular weight is 533 g/mol. The van der Waals surface area contributed by atoms with Gasteiger partial charge in [-0.15, -0.1) is 0 Å². The Kier molecular flexibility index (Phi) is 7.48. The Balaban J connectivity index is 0.00000171. The summed E-state index contributed by atoms with van der Waals surface area (Å²) in [7, 11) is 0. The zero-order valence-corrected chi connectivity index (χ0v) is 22.0. The Morgan fingerprint density at radius 2 is 1.97 bits per heavy atom. The van der Waals surface area contributed by atoms with Crippen LogP contribution in [0.25, 0.3) is 11.3 Å². The molecule has 0 saturated carbocycles. The maximum atomic E-state index is 13.6. The first-order valence-corrected chi connectivity index (χ1v) is 10.8. The van der Waals surface area contributed by atoms with Gasteiger partial charge in [0.05, 0.1) is 16.6 Å². The fourth-order valence-electron chi connectivity index (χ4n) is 4.26. The largest absolute Gasteiger partial charge is 0.368 e. The highest BCUT2D eigenvalue weighted by atomic mass is 35.5. The standard InChI is InChI=1S/C22H21ClN8O2.2H2S/c1-11-4-6-25-16(8-11)31-20(28-30-7-5-15(23)18(30)21(31)33)17-12(2)10-29(17)19-14(13(3)32)9-26-22(24)27-19;;/h4-9,12,17H,10H2,1-3H3,(H2,24,26,27);2*1H2/t12-,17-;;/m0../s1. The molecule has 0 radical (unpaired) electrons. The first kappa shape index (κ1) is 26.5. The molecule has 2 N–H and O–H groups in total. The van der Waals surface area contributed by atoms with Crippen LogP contribution in [0.1, 0.15) is 41.6 Å². The number of aromatic nitrogens is 6. The van der Waals surface area contributed by atoms with Crippen molar-refractivity contribution in [1.29, 1.82) is 0 Å². The molecule has 0 aromatic carbocycles. The Bertz CT molecular complexity index is 1490. The summed E-state index contributed by atoms with van der Waals surface area (Å²) in [6, 6.07) is 4.94. The van der Waals surface area contributed by atoms with E-state index in [1.807, 2.05) is 30.9 Å². The van der Waals surface area contributed by atoms with Crippen molar-refractivity contribution in [2.24, 2.45) is 5.92 Å². The molecule has 10 nitrogen and oxygen atoms in total. The summed E-state index contributed by atoms with van der Waals surface area (Å²) in [6.45, 7) is 6.03. The lowest BCUT2D eigenvalue weighted by molar-refractivity contribution is 0.101. The van der Waals surface area contributed by atoms with Gasteiger partial charge in [-0.1, -0.05) is 18.5 Å². The van der Waals surface area contributed by atoms with Crippen LogP contribution in [-0.2, 0) is 0 Å². The van der Waals surface area contributed by atoms with Crippen molar-refractivity contribution in [2.75, 3.05) is 17.2 Å². The van der Waals surface area contributed by atoms with E-state index in [1.165, 1.54) is 22.2 Å². The molecule has 1 fully saturated rings. The van der Waals surface area contributed by atoms with E-state index in [9.17, 15) is 9.59 Å². The molecule has 0 unspecified atom stereocenters. The van der Waals surface area contributed by atoms with Crippen molar-refractivity contribution < 1.29 is 4.79 Å². The van der Waals surface area contributed by atoms with Gasteiger partial charge < -0.3 is 10.6 Å². The van der Waals surface area contributed by atoms with E-state index < -0.39 is 0 Å². The number of Topliss-reactive ketones (excluding diaryl/α,β-unsaturated/α-hetero) is 1. The van der Waals surface area contributed by atoms with Gasteiger partial charge in [0.1, 0.15) is 17.2 Å². The van der Waals surface area contributed by atoms with E-state index >= 15 is 0 Å². The molecule has 0 aliphatic carbocycles. The number of ketones is 1. The maximum Gasteiger partial charge on any atom is 0.285 e. The lowest BCUT2D eigenvalue weighted by atomic mass is 9.88.